The van der Waals surface area contributed by atoms with Crippen LogP contribution in [0, 0.1) is 0 Å². The molecule has 0 unspecified atom stereocenters. The molecule has 0 saturated carbocycles. The molecule has 5 heteroatoms. The molecule has 0 spiro atoms. The minimum atomic E-state index is -0.845. The summed E-state index contributed by atoms with van der Waals surface area (Å²) in [6.07, 6.45) is -0.845. The monoisotopic (exact) mass is 374 g/mol. The van der Waals surface area contributed by atoms with Gasteiger partial charge in [0.2, 0.25) is 6.10 Å². The van der Waals surface area contributed by atoms with E-state index in [1.165, 1.54) is 4.90 Å². The van der Waals surface area contributed by atoms with Gasteiger partial charge in [-0.05, 0) is 24.3 Å². The number of anilines is 1. The van der Waals surface area contributed by atoms with Gasteiger partial charge >= 0.3 is 0 Å². The van der Waals surface area contributed by atoms with Gasteiger partial charge in [0.25, 0.3) is 11.8 Å². The number of nitrogens with zero attached hydrogens (tertiary/aromatic N) is 1. The Balaban J connectivity index is 1.90. The van der Waals surface area contributed by atoms with Crippen LogP contribution in [0.4, 0.5) is 5.69 Å². The Kier molecular flexibility index (Phi) is 6.07. The quantitative estimate of drug-likeness (QED) is 0.705. The van der Waals surface area contributed by atoms with Gasteiger partial charge in [-0.3, -0.25) is 9.59 Å². The molecule has 1 N–H and O–H groups in total. The van der Waals surface area contributed by atoms with E-state index in [-0.39, 0.29) is 11.8 Å². The normalized spacial score (nSPS) is 11.4. The smallest absolute Gasteiger partial charge is 0.267 e. The highest BCUT2D eigenvalue weighted by Gasteiger charge is 2.26. The summed E-state index contributed by atoms with van der Waals surface area (Å²) in [5, 5.41) is 2.85. The first-order chi connectivity index (χ1) is 13.6. The van der Waals surface area contributed by atoms with E-state index in [0.717, 1.165) is 5.56 Å². The highest BCUT2D eigenvalue weighted by molar-refractivity contribution is 6.06. The number of carbonyl (C=O) groups excluding carboxylic acids is 2. The number of nitrogens with one attached hydrogen (secondary N) is 1. The van der Waals surface area contributed by atoms with Gasteiger partial charge in [0, 0.05) is 25.3 Å². The van der Waals surface area contributed by atoms with E-state index in [1.807, 2.05) is 60.7 Å². The van der Waals surface area contributed by atoms with E-state index < -0.39 is 6.10 Å². The third-order valence-corrected chi connectivity index (χ3v) is 4.18. The second-order valence-corrected chi connectivity index (χ2v) is 6.46. The molecule has 3 rings (SSSR count). The number of amides is 2. The van der Waals surface area contributed by atoms with Crippen molar-refractivity contribution >= 4 is 17.5 Å². The second kappa shape index (κ2) is 8.86. The van der Waals surface area contributed by atoms with Crippen LogP contribution in [0.2, 0.25) is 0 Å². The Bertz CT molecular complexity index is 940. The SMILES string of the molecule is CN(C)C(=O)[C@@H](Oc1ccccc1C(=O)Nc1ccccc1)c1ccccc1. The largest absolute Gasteiger partial charge is 0.475 e. The predicted octanol–water partition coefficient (Wildman–Crippen LogP) is 4.15. The lowest BCUT2D eigenvalue weighted by Gasteiger charge is -2.23. The molecule has 3 aromatic carbocycles. The van der Waals surface area contributed by atoms with Crippen molar-refractivity contribution < 1.29 is 14.3 Å². The second-order valence-electron chi connectivity index (χ2n) is 6.46. The third kappa shape index (κ3) is 4.57. The number of benzene rings is 3. The fraction of sp³-hybridized carbons (Fsp3) is 0.130. The number of hydrogen-bond acceptors (Lipinski definition) is 3. The average Bonchev–Trinajstić information content (AvgIpc) is 2.73. The molecule has 0 saturated heterocycles. The van der Waals surface area contributed by atoms with Crippen LogP contribution in [0.3, 0.4) is 0 Å². The summed E-state index contributed by atoms with van der Waals surface area (Å²) < 4.78 is 6.06. The summed E-state index contributed by atoms with van der Waals surface area (Å²) >= 11 is 0. The topological polar surface area (TPSA) is 58.6 Å². The third-order valence-electron chi connectivity index (χ3n) is 4.18. The number of carbonyl (C=O) groups is 2. The van der Waals surface area contributed by atoms with Gasteiger partial charge < -0.3 is 15.0 Å². The van der Waals surface area contributed by atoms with Gasteiger partial charge in [0.15, 0.2) is 0 Å². The van der Waals surface area contributed by atoms with E-state index in [4.69, 9.17) is 4.74 Å². The van der Waals surface area contributed by atoms with E-state index in [2.05, 4.69) is 5.32 Å². The van der Waals surface area contributed by atoms with Crippen molar-refractivity contribution in [1.29, 1.82) is 0 Å². The summed E-state index contributed by atoms with van der Waals surface area (Å²) in [5.41, 5.74) is 1.77. The molecule has 0 aliphatic heterocycles. The highest BCUT2D eigenvalue weighted by Crippen LogP contribution is 2.27. The molecule has 0 bridgehead atoms. The Morgan fingerprint density at radius 1 is 0.821 bits per heavy atom. The highest BCUT2D eigenvalue weighted by atomic mass is 16.5. The molecule has 2 amide bonds. The van der Waals surface area contributed by atoms with E-state index in [0.29, 0.717) is 17.0 Å². The zero-order valence-corrected chi connectivity index (χ0v) is 15.8. The van der Waals surface area contributed by atoms with E-state index in [9.17, 15) is 9.59 Å². The number of para-hydroxylation sites is 2. The molecule has 0 heterocycles. The van der Waals surface area contributed by atoms with Crippen LogP contribution in [-0.4, -0.2) is 30.8 Å². The first-order valence-corrected chi connectivity index (χ1v) is 8.94. The van der Waals surface area contributed by atoms with Gasteiger partial charge in [-0.25, -0.2) is 0 Å². The summed E-state index contributed by atoms with van der Waals surface area (Å²) in [7, 11) is 3.35. The van der Waals surface area contributed by atoms with Crippen molar-refractivity contribution in [3.8, 4) is 5.75 Å². The molecular weight excluding hydrogens is 352 g/mol. The molecule has 1 atom stereocenters. The predicted molar refractivity (Wildman–Crippen MR) is 109 cm³/mol. The maximum absolute atomic E-state index is 12.8. The number of likely N-dealkylation sites (N-methyl/N-ethyl adjacent to an activating group) is 1. The minimum Gasteiger partial charge on any atom is -0.475 e. The van der Waals surface area contributed by atoms with Crippen molar-refractivity contribution in [2.75, 3.05) is 19.4 Å². The molecule has 0 aliphatic rings. The van der Waals surface area contributed by atoms with E-state index in [1.54, 1.807) is 38.4 Å². The first kappa shape index (κ1) is 19.2. The molecule has 0 fully saturated rings. The van der Waals surface area contributed by atoms with Crippen LogP contribution in [0.5, 0.6) is 5.75 Å². The standard InChI is InChI=1S/C23H22N2O3/c1-25(2)23(27)21(17-11-5-3-6-12-17)28-20-16-10-9-15-19(20)22(26)24-18-13-7-4-8-14-18/h3-16,21H,1-2H3,(H,24,26)/t21-/m0/s1. The van der Waals surface area contributed by atoms with Gasteiger partial charge in [0.05, 0.1) is 5.56 Å². The minimum absolute atomic E-state index is 0.204. The van der Waals surface area contributed by atoms with Gasteiger partial charge in [0.1, 0.15) is 5.75 Å². The Labute approximate surface area is 164 Å². The molecular formula is C23H22N2O3. The van der Waals surface area contributed by atoms with Gasteiger partial charge in [-0.2, -0.15) is 0 Å². The van der Waals surface area contributed by atoms with Crippen molar-refractivity contribution in [2.24, 2.45) is 0 Å². The molecule has 3 aromatic rings. The lowest BCUT2D eigenvalue weighted by molar-refractivity contribution is -0.136. The summed E-state index contributed by atoms with van der Waals surface area (Å²) in [6, 6.07) is 25.3. The molecule has 0 radical (unpaired) electrons. The van der Waals surface area contributed by atoms with E-state index >= 15 is 0 Å². The van der Waals surface area contributed by atoms with Crippen molar-refractivity contribution in [1.82, 2.24) is 4.90 Å². The number of rotatable bonds is 6. The fourth-order valence-corrected chi connectivity index (χ4v) is 2.73. The summed E-state index contributed by atoms with van der Waals surface area (Å²) in [6.45, 7) is 0. The molecule has 0 aliphatic carbocycles. The van der Waals surface area contributed by atoms with Gasteiger partial charge in [-0.15, -0.1) is 0 Å². The summed E-state index contributed by atoms with van der Waals surface area (Å²) in [5.74, 6) is -0.157. The van der Waals surface area contributed by atoms with Crippen LogP contribution in [0.25, 0.3) is 0 Å². The molecule has 0 aromatic heterocycles. The fourth-order valence-electron chi connectivity index (χ4n) is 2.73. The zero-order chi connectivity index (χ0) is 19.9. The molecule has 28 heavy (non-hydrogen) atoms. The maximum Gasteiger partial charge on any atom is 0.267 e. The Morgan fingerprint density at radius 2 is 1.39 bits per heavy atom. The lowest BCUT2D eigenvalue weighted by atomic mass is 10.1. The van der Waals surface area contributed by atoms with Crippen molar-refractivity contribution in [3.63, 3.8) is 0 Å². The number of ether oxygens (including phenoxy) is 1. The van der Waals surface area contributed by atoms with Crippen LogP contribution in [0.1, 0.15) is 22.0 Å². The van der Waals surface area contributed by atoms with Gasteiger partial charge in [-0.1, -0.05) is 60.7 Å². The molecule has 142 valence electrons. The van der Waals surface area contributed by atoms with Crippen LogP contribution in [0.15, 0.2) is 84.9 Å². The van der Waals surface area contributed by atoms with Crippen LogP contribution in [-0.2, 0) is 4.79 Å². The van der Waals surface area contributed by atoms with Crippen molar-refractivity contribution in [2.45, 2.75) is 6.10 Å². The average molecular weight is 374 g/mol. The lowest BCUT2D eigenvalue weighted by Crippen LogP contribution is -2.31. The summed E-state index contributed by atoms with van der Waals surface area (Å²) in [4.78, 5) is 27.0. The Hall–Kier alpha value is -3.60. The Morgan fingerprint density at radius 3 is 2.04 bits per heavy atom. The van der Waals surface area contributed by atoms with Crippen molar-refractivity contribution in [3.05, 3.63) is 96.1 Å². The first-order valence-electron chi connectivity index (χ1n) is 8.94. The zero-order valence-electron chi connectivity index (χ0n) is 15.8. The molecule has 5 nitrogen and oxygen atoms in total. The van der Waals surface area contributed by atoms with Crippen LogP contribution >= 0.6 is 0 Å². The maximum atomic E-state index is 12.8. The number of hydrogen-bond donors (Lipinski definition) is 1. The van der Waals surface area contributed by atoms with Crippen LogP contribution < -0.4 is 10.1 Å².